The Morgan fingerprint density at radius 1 is 1.13 bits per heavy atom. The standard InChI is InChI=1S/C23H20FN5O2/c24-15-18-13-17(6-8-25-18)29-22(30)5-4-16-2-1-3-19(12-16)31-20-7-9-26-21(14-20)23-27-10-11-28-23/h1-9,12-14H,10-11,15H2,(H,27,28)(H,25,29,30)/b5-4+. The van der Waals surface area contributed by atoms with Crippen molar-refractivity contribution in [3.63, 3.8) is 0 Å². The van der Waals surface area contributed by atoms with E-state index in [1.54, 1.807) is 24.4 Å². The predicted molar refractivity (Wildman–Crippen MR) is 117 cm³/mol. The Hall–Kier alpha value is -4.07. The molecule has 1 aliphatic rings. The molecule has 3 aromatic rings. The molecule has 8 heteroatoms. The number of amidine groups is 1. The topological polar surface area (TPSA) is 88.5 Å². The van der Waals surface area contributed by atoms with Crippen LogP contribution >= 0.6 is 0 Å². The van der Waals surface area contributed by atoms with Gasteiger partial charge in [0.15, 0.2) is 0 Å². The number of nitrogens with one attached hydrogen (secondary N) is 2. The number of aromatic nitrogens is 2. The third-order valence-corrected chi connectivity index (χ3v) is 4.39. The summed E-state index contributed by atoms with van der Waals surface area (Å²) in [5.74, 6) is 1.70. The lowest BCUT2D eigenvalue weighted by Gasteiger charge is -2.08. The summed E-state index contributed by atoms with van der Waals surface area (Å²) in [5.41, 5.74) is 2.28. The van der Waals surface area contributed by atoms with Gasteiger partial charge >= 0.3 is 0 Å². The molecule has 0 spiro atoms. The fourth-order valence-electron chi connectivity index (χ4n) is 2.98. The average molecular weight is 417 g/mol. The first-order valence-electron chi connectivity index (χ1n) is 9.72. The van der Waals surface area contributed by atoms with Gasteiger partial charge in [0.2, 0.25) is 5.91 Å². The highest BCUT2D eigenvalue weighted by molar-refractivity contribution is 6.02. The molecule has 0 saturated carbocycles. The summed E-state index contributed by atoms with van der Waals surface area (Å²) in [6.45, 7) is 0.862. The Morgan fingerprint density at radius 3 is 2.84 bits per heavy atom. The summed E-state index contributed by atoms with van der Waals surface area (Å²) in [5, 5.41) is 5.87. The Balaban J connectivity index is 1.41. The fraction of sp³-hybridized carbons (Fsp3) is 0.130. The highest BCUT2D eigenvalue weighted by atomic mass is 19.1. The molecule has 1 amide bonds. The molecule has 7 nitrogen and oxygen atoms in total. The van der Waals surface area contributed by atoms with Crippen LogP contribution in [0, 0.1) is 0 Å². The van der Waals surface area contributed by atoms with Gasteiger partial charge in [0, 0.05) is 36.8 Å². The van der Waals surface area contributed by atoms with Crippen LogP contribution in [0.1, 0.15) is 17.0 Å². The maximum atomic E-state index is 12.7. The van der Waals surface area contributed by atoms with Gasteiger partial charge < -0.3 is 15.4 Å². The highest BCUT2D eigenvalue weighted by Crippen LogP contribution is 2.23. The molecule has 0 atom stereocenters. The van der Waals surface area contributed by atoms with Crippen molar-refractivity contribution < 1.29 is 13.9 Å². The summed E-state index contributed by atoms with van der Waals surface area (Å²) in [7, 11) is 0. The first kappa shape index (κ1) is 20.2. The fourth-order valence-corrected chi connectivity index (χ4v) is 2.98. The molecule has 0 bridgehead atoms. The number of amides is 1. The number of ether oxygens (including phenoxy) is 1. The van der Waals surface area contributed by atoms with E-state index in [9.17, 15) is 9.18 Å². The zero-order valence-corrected chi connectivity index (χ0v) is 16.6. The number of alkyl halides is 1. The van der Waals surface area contributed by atoms with E-state index < -0.39 is 6.67 Å². The van der Waals surface area contributed by atoms with E-state index in [4.69, 9.17) is 4.74 Å². The summed E-state index contributed by atoms with van der Waals surface area (Å²) >= 11 is 0. The van der Waals surface area contributed by atoms with Gasteiger partial charge in [-0.15, -0.1) is 0 Å². The zero-order chi connectivity index (χ0) is 21.5. The molecule has 0 fully saturated rings. The van der Waals surface area contributed by atoms with Crippen molar-refractivity contribution in [1.82, 2.24) is 15.3 Å². The Morgan fingerprint density at radius 2 is 2.00 bits per heavy atom. The van der Waals surface area contributed by atoms with Crippen molar-refractivity contribution in [2.45, 2.75) is 6.67 Å². The molecular weight excluding hydrogens is 397 g/mol. The second kappa shape index (κ2) is 9.62. The van der Waals surface area contributed by atoms with Crippen molar-refractivity contribution >= 4 is 23.5 Å². The van der Waals surface area contributed by atoms with E-state index in [0.717, 1.165) is 30.2 Å². The van der Waals surface area contributed by atoms with Crippen LogP contribution in [-0.2, 0) is 11.5 Å². The number of carbonyl (C=O) groups is 1. The van der Waals surface area contributed by atoms with Gasteiger partial charge in [-0.1, -0.05) is 12.1 Å². The van der Waals surface area contributed by atoms with Gasteiger partial charge in [-0.2, -0.15) is 0 Å². The van der Waals surface area contributed by atoms with Crippen molar-refractivity contribution in [1.29, 1.82) is 0 Å². The molecule has 2 aromatic heterocycles. The molecule has 2 N–H and O–H groups in total. The number of aliphatic imine (C=N–C) groups is 1. The quantitative estimate of drug-likeness (QED) is 0.572. The number of hydrogen-bond acceptors (Lipinski definition) is 6. The van der Waals surface area contributed by atoms with Gasteiger partial charge in [-0.3, -0.25) is 19.8 Å². The smallest absolute Gasteiger partial charge is 0.248 e. The number of anilines is 1. The van der Waals surface area contributed by atoms with E-state index in [1.165, 1.54) is 18.3 Å². The number of rotatable bonds is 7. The SMILES string of the molecule is O=C(/C=C/c1cccc(Oc2ccnc(C3=NCCN3)c2)c1)Nc1ccnc(CF)c1. The van der Waals surface area contributed by atoms with Crippen molar-refractivity contribution in [2.75, 3.05) is 18.4 Å². The maximum absolute atomic E-state index is 12.7. The van der Waals surface area contributed by atoms with E-state index in [2.05, 4.69) is 25.6 Å². The minimum atomic E-state index is -0.685. The Bertz CT molecular complexity index is 1150. The molecule has 156 valence electrons. The van der Waals surface area contributed by atoms with Crippen molar-refractivity contribution in [2.24, 2.45) is 4.99 Å². The largest absolute Gasteiger partial charge is 0.457 e. The number of carbonyl (C=O) groups excluding carboxylic acids is 1. The predicted octanol–water partition coefficient (Wildman–Crippen LogP) is 3.74. The average Bonchev–Trinajstić information content (AvgIpc) is 3.33. The van der Waals surface area contributed by atoms with Gasteiger partial charge in [-0.25, -0.2) is 4.39 Å². The van der Waals surface area contributed by atoms with Gasteiger partial charge in [0.25, 0.3) is 0 Å². The second-order valence-electron chi connectivity index (χ2n) is 6.70. The van der Waals surface area contributed by atoms with Crippen LogP contribution in [0.25, 0.3) is 6.08 Å². The molecule has 0 unspecified atom stereocenters. The van der Waals surface area contributed by atoms with E-state index in [0.29, 0.717) is 17.2 Å². The van der Waals surface area contributed by atoms with E-state index in [1.807, 2.05) is 30.3 Å². The first-order valence-corrected chi connectivity index (χ1v) is 9.72. The Kier molecular flexibility index (Phi) is 6.27. The van der Waals surface area contributed by atoms with Crippen molar-refractivity contribution in [3.05, 3.63) is 84.0 Å². The molecular formula is C23H20FN5O2. The molecule has 1 aromatic carbocycles. The molecule has 0 radical (unpaired) electrons. The lowest BCUT2D eigenvalue weighted by atomic mass is 10.2. The minimum absolute atomic E-state index is 0.265. The van der Waals surface area contributed by atoms with Gasteiger partial charge in [0.05, 0.1) is 12.2 Å². The Labute approximate surface area is 178 Å². The number of nitrogens with zero attached hydrogens (tertiary/aromatic N) is 3. The normalized spacial score (nSPS) is 13.0. The molecule has 4 rings (SSSR count). The second-order valence-corrected chi connectivity index (χ2v) is 6.70. The number of pyridine rings is 2. The van der Waals surface area contributed by atoms with E-state index in [-0.39, 0.29) is 11.6 Å². The lowest BCUT2D eigenvalue weighted by Crippen LogP contribution is -2.20. The highest BCUT2D eigenvalue weighted by Gasteiger charge is 2.10. The summed E-state index contributed by atoms with van der Waals surface area (Å²) in [6.07, 6.45) is 6.21. The minimum Gasteiger partial charge on any atom is -0.457 e. The van der Waals surface area contributed by atoms with Crippen LogP contribution in [-0.4, -0.2) is 34.8 Å². The van der Waals surface area contributed by atoms with E-state index >= 15 is 0 Å². The third kappa shape index (κ3) is 5.51. The number of hydrogen-bond donors (Lipinski definition) is 2. The maximum Gasteiger partial charge on any atom is 0.248 e. The molecule has 0 aliphatic carbocycles. The van der Waals surface area contributed by atoms with Crippen LogP contribution in [0.15, 0.2) is 72.0 Å². The van der Waals surface area contributed by atoms with Crippen molar-refractivity contribution in [3.8, 4) is 11.5 Å². The molecule has 0 saturated heterocycles. The lowest BCUT2D eigenvalue weighted by molar-refractivity contribution is -0.111. The summed E-state index contributed by atoms with van der Waals surface area (Å²) in [6, 6.07) is 14.1. The van der Waals surface area contributed by atoms with Gasteiger partial charge in [-0.05, 0) is 42.0 Å². The molecule has 31 heavy (non-hydrogen) atoms. The zero-order valence-electron chi connectivity index (χ0n) is 16.6. The van der Waals surface area contributed by atoms with Crippen LogP contribution in [0.4, 0.5) is 10.1 Å². The van der Waals surface area contributed by atoms with Crippen LogP contribution in [0.3, 0.4) is 0 Å². The summed E-state index contributed by atoms with van der Waals surface area (Å²) in [4.78, 5) is 24.7. The monoisotopic (exact) mass is 417 g/mol. The summed E-state index contributed by atoms with van der Waals surface area (Å²) < 4.78 is 18.6. The van der Waals surface area contributed by atoms with Crippen LogP contribution in [0.2, 0.25) is 0 Å². The molecule has 3 heterocycles. The first-order chi connectivity index (χ1) is 15.2. The van der Waals surface area contributed by atoms with Crippen LogP contribution < -0.4 is 15.4 Å². The third-order valence-electron chi connectivity index (χ3n) is 4.39. The van der Waals surface area contributed by atoms with Gasteiger partial charge in [0.1, 0.15) is 29.7 Å². The number of halogens is 1. The van der Waals surface area contributed by atoms with Crippen LogP contribution in [0.5, 0.6) is 11.5 Å². The number of benzene rings is 1. The molecule has 1 aliphatic heterocycles.